The third kappa shape index (κ3) is 5.15. The highest BCUT2D eigenvalue weighted by Gasteiger charge is 2.13. The van der Waals surface area contributed by atoms with Gasteiger partial charge in [-0.25, -0.2) is 0 Å². The molecule has 0 atom stereocenters. The standard InChI is InChI=1S/C21H27NO4/c1-5-15-6-8-16(9-7-15)10-11-20(23)22-14-17-12-18(24-2)21(26-4)19(13-17)25-3/h6-9,12-13H,5,10-11,14H2,1-4H3,(H,22,23). The first-order valence-corrected chi connectivity index (χ1v) is 8.74. The van der Waals surface area contributed by atoms with Crippen LogP contribution in [0.25, 0.3) is 0 Å². The summed E-state index contributed by atoms with van der Waals surface area (Å²) in [5.41, 5.74) is 3.37. The number of rotatable bonds is 9. The van der Waals surface area contributed by atoms with Gasteiger partial charge in [0, 0.05) is 13.0 Å². The molecule has 2 aromatic rings. The molecule has 0 saturated heterocycles. The highest BCUT2D eigenvalue weighted by Crippen LogP contribution is 2.38. The fourth-order valence-electron chi connectivity index (χ4n) is 2.73. The van der Waals surface area contributed by atoms with Crippen molar-refractivity contribution in [2.45, 2.75) is 32.7 Å². The lowest BCUT2D eigenvalue weighted by atomic mass is 10.1. The van der Waals surface area contributed by atoms with Crippen molar-refractivity contribution in [2.75, 3.05) is 21.3 Å². The molecule has 0 bridgehead atoms. The van der Waals surface area contributed by atoms with Crippen molar-refractivity contribution in [3.05, 3.63) is 53.1 Å². The SMILES string of the molecule is CCc1ccc(CCC(=O)NCc2cc(OC)c(OC)c(OC)c2)cc1. The summed E-state index contributed by atoms with van der Waals surface area (Å²) in [6.07, 6.45) is 2.20. The number of ether oxygens (including phenoxy) is 3. The summed E-state index contributed by atoms with van der Waals surface area (Å²) in [7, 11) is 4.71. The summed E-state index contributed by atoms with van der Waals surface area (Å²) < 4.78 is 16.0. The van der Waals surface area contributed by atoms with E-state index in [-0.39, 0.29) is 5.91 Å². The highest BCUT2D eigenvalue weighted by atomic mass is 16.5. The van der Waals surface area contributed by atoms with E-state index in [1.54, 1.807) is 21.3 Å². The predicted octanol–water partition coefficient (Wildman–Crippen LogP) is 3.52. The van der Waals surface area contributed by atoms with Gasteiger partial charge in [-0.3, -0.25) is 4.79 Å². The van der Waals surface area contributed by atoms with E-state index < -0.39 is 0 Å². The van der Waals surface area contributed by atoms with Crippen LogP contribution in [0.15, 0.2) is 36.4 Å². The second-order valence-electron chi connectivity index (χ2n) is 5.98. The average Bonchev–Trinajstić information content (AvgIpc) is 2.69. The van der Waals surface area contributed by atoms with Crippen molar-refractivity contribution in [1.29, 1.82) is 0 Å². The average molecular weight is 357 g/mol. The predicted molar refractivity (Wildman–Crippen MR) is 102 cm³/mol. The molecule has 26 heavy (non-hydrogen) atoms. The number of hydrogen-bond acceptors (Lipinski definition) is 4. The van der Waals surface area contributed by atoms with Crippen LogP contribution in [-0.2, 0) is 24.2 Å². The molecule has 2 aromatic carbocycles. The molecule has 140 valence electrons. The van der Waals surface area contributed by atoms with Gasteiger partial charge in [-0.15, -0.1) is 0 Å². The Morgan fingerprint density at radius 2 is 1.46 bits per heavy atom. The van der Waals surface area contributed by atoms with Gasteiger partial charge in [0.05, 0.1) is 21.3 Å². The summed E-state index contributed by atoms with van der Waals surface area (Å²) in [5, 5.41) is 2.94. The fraction of sp³-hybridized carbons (Fsp3) is 0.381. The number of hydrogen-bond donors (Lipinski definition) is 1. The molecule has 5 heteroatoms. The molecule has 0 aromatic heterocycles. The molecule has 5 nitrogen and oxygen atoms in total. The molecule has 0 fully saturated rings. The lowest BCUT2D eigenvalue weighted by Crippen LogP contribution is -2.23. The van der Waals surface area contributed by atoms with Crippen LogP contribution in [0.2, 0.25) is 0 Å². The topological polar surface area (TPSA) is 56.8 Å². The Balaban J connectivity index is 1.91. The second kappa shape index (κ2) is 9.70. The monoisotopic (exact) mass is 357 g/mol. The number of carbonyl (C=O) groups is 1. The summed E-state index contributed by atoms with van der Waals surface area (Å²) in [4.78, 5) is 12.1. The van der Waals surface area contributed by atoms with E-state index in [4.69, 9.17) is 14.2 Å². The van der Waals surface area contributed by atoms with Crippen LogP contribution in [0.5, 0.6) is 17.2 Å². The minimum absolute atomic E-state index is 0.0123. The van der Waals surface area contributed by atoms with E-state index in [9.17, 15) is 4.79 Å². The molecule has 0 aliphatic carbocycles. The number of nitrogens with one attached hydrogen (secondary N) is 1. The smallest absolute Gasteiger partial charge is 0.220 e. The maximum absolute atomic E-state index is 12.1. The van der Waals surface area contributed by atoms with Crippen LogP contribution in [0.4, 0.5) is 0 Å². The molecule has 0 heterocycles. The maximum Gasteiger partial charge on any atom is 0.220 e. The summed E-state index contributed by atoms with van der Waals surface area (Å²) in [6.45, 7) is 2.54. The third-order valence-corrected chi connectivity index (χ3v) is 4.29. The first-order chi connectivity index (χ1) is 12.6. The normalized spacial score (nSPS) is 10.3. The van der Waals surface area contributed by atoms with E-state index in [2.05, 4.69) is 36.5 Å². The molecule has 2 rings (SSSR count). The van der Waals surface area contributed by atoms with Gasteiger partial charge in [0.1, 0.15) is 0 Å². The lowest BCUT2D eigenvalue weighted by Gasteiger charge is -2.14. The quantitative estimate of drug-likeness (QED) is 0.746. The Hall–Kier alpha value is -2.69. The molecule has 0 aliphatic heterocycles. The van der Waals surface area contributed by atoms with Gasteiger partial charge in [0.2, 0.25) is 11.7 Å². The van der Waals surface area contributed by atoms with Crippen LogP contribution in [0, 0.1) is 0 Å². The largest absolute Gasteiger partial charge is 0.493 e. The second-order valence-corrected chi connectivity index (χ2v) is 5.98. The Morgan fingerprint density at radius 3 is 1.96 bits per heavy atom. The van der Waals surface area contributed by atoms with Crippen molar-refractivity contribution in [3.63, 3.8) is 0 Å². The van der Waals surface area contributed by atoms with Gasteiger partial charge in [0.15, 0.2) is 11.5 Å². The highest BCUT2D eigenvalue weighted by molar-refractivity contribution is 5.76. The Kier molecular flexibility index (Phi) is 7.33. The molecule has 0 radical (unpaired) electrons. The van der Waals surface area contributed by atoms with Gasteiger partial charge in [0.25, 0.3) is 0 Å². The fourth-order valence-corrected chi connectivity index (χ4v) is 2.73. The first-order valence-electron chi connectivity index (χ1n) is 8.74. The minimum Gasteiger partial charge on any atom is -0.493 e. The van der Waals surface area contributed by atoms with E-state index in [0.717, 1.165) is 18.4 Å². The molecule has 0 aliphatic rings. The zero-order valence-corrected chi connectivity index (χ0v) is 15.9. The molecule has 0 unspecified atom stereocenters. The molecule has 1 amide bonds. The minimum atomic E-state index is 0.0123. The van der Waals surface area contributed by atoms with Gasteiger partial charge >= 0.3 is 0 Å². The third-order valence-electron chi connectivity index (χ3n) is 4.29. The Morgan fingerprint density at radius 1 is 0.885 bits per heavy atom. The summed E-state index contributed by atoms with van der Waals surface area (Å²) >= 11 is 0. The van der Waals surface area contributed by atoms with Crippen molar-refractivity contribution >= 4 is 5.91 Å². The van der Waals surface area contributed by atoms with E-state index in [1.807, 2.05) is 12.1 Å². The number of methoxy groups -OCH3 is 3. The number of carbonyl (C=O) groups excluding carboxylic acids is 1. The van der Waals surface area contributed by atoms with Gasteiger partial charge < -0.3 is 19.5 Å². The van der Waals surface area contributed by atoms with Crippen LogP contribution >= 0.6 is 0 Å². The molecule has 0 spiro atoms. The summed E-state index contributed by atoms with van der Waals surface area (Å²) in [6, 6.07) is 12.1. The lowest BCUT2D eigenvalue weighted by molar-refractivity contribution is -0.121. The van der Waals surface area contributed by atoms with Crippen LogP contribution in [-0.4, -0.2) is 27.2 Å². The van der Waals surface area contributed by atoms with Crippen molar-refractivity contribution in [3.8, 4) is 17.2 Å². The number of benzene rings is 2. The van der Waals surface area contributed by atoms with Crippen LogP contribution in [0.3, 0.4) is 0 Å². The maximum atomic E-state index is 12.1. The van der Waals surface area contributed by atoms with Gasteiger partial charge in [-0.05, 0) is 41.7 Å². The van der Waals surface area contributed by atoms with Gasteiger partial charge in [-0.1, -0.05) is 31.2 Å². The molecular formula is C21H27NO4. The Bertz CT molecular complexity index is 700. The molecular weight excluding hydrogens is 330 g/mol. The van der Waals surface area contributed by atoms with Crippen molar-refractivity contribution in [2.24, 2.45) is 0 Å². The van der Waals surface area contributed by atoms with E-state index in [0.29, 0.717) is 30.2 Å². The van der Waals surface area contributed by atoms with Crippen molar-refractivity contribution in [1.82, 2.24) is 5.32 Å². The zero-order chi connectivity index (χ0) is 18.9. The van der Waals surface area contributed by atoms with Crippen LogP contribution < -0.4 is 19.5 Å². The summed E-state index contributed by atoms with van der Waals surface area (Å²) in [5.74, 6) is 1.71. The van der Waals surface area contributed by atoms with E-state index in [1.165, 1.54) is 11.1 Å². The van der Waals surface area contributed by atoms with Gasteiger partial charge in [-0.2, -0.15) is 0 Å². The van der Waals surface area contributed by atoms with E-state index >= 15 is 0 Å². The van der Waals surface area contributed by atoms with Crippen molar-refractivity contribution < 1.29 is 19.0 Å². The Labute approximate surface area is 155 Å². The zero-order valence-electron chi connectivity index (χ0n) is 15.9. The molecule has 1 N–H and O–H groups in total. The number of amides is 1. The number of aryl methyl sites for hydroxylation is 2. The molecule has 0 saturated carbocycles. The first kappa shape index (κ1) is 19.6. The van der Waals surface area contributed by atoms with Crippen LogP contribution in [0.1, 0.15) is 30.0 Å².